The molecule has 2 aliphatic rings. The van der Waals surface area contributed by atoms with Crippen molar-refractivity contribution in [2.45, 2.75) is 63.5 Å². The highest BCUT2D eigenvalue weighted by Gasteiger charge is 2.43. The van der Waals surface area contributed by atoms with Gasteiger partial charge in [0.2, 0.25) is 5.91 Å². The topological polar surface area (TPSA) is 66.6 Å². The molecule has 4 nitrogen and oxygen atoms in total. The predicted molar refractivity (Wildman–Crippen MR) is 71.0 cm³/mol. The van der Waals surface area contributed by atoms with Crippen molar-refractivity contribution >= 4 is 5.91 Å². The van der Waals surface area contributed by atoms with Crippen LogP contribution in [0, 0.1) is 5.92 Å². The van der Waals surface area contributed by atoms with Crippen molar-refractivity contribution in [2.24, 2.45) is 11.7 Å². The van der Waals surface area contributed by atoms with Gasteiger partial charge in [0.05, 0.1) is 5.60 Å². The first-order valence-electron chi connectivity index (χ1n) is 7.31. The molecule has 1 aliphatic carbocycles. The number of amides is 1. The Morgan fingerprint density at radius 2 is 2.28 bits per heavy atom. The first-order valence-corrected chi connectivity index (χ1v) is 7.31. The van der Waals surface area contributed by atoms with Gasteiger partial charge in [-0.3, -0.25) is 4.79 Å². The largest absolute Gasteiger partial charge is 0.389 e. The van der Waals surface area contributed by atoms with Crippen molar-refractivity contribution in [3.8, 4) is 0 Å². The molecule has 2 rings (SSSR count). The van der Waals surface area contributed by atoms with Crippen molar-refractivity contribution in [3.05, 3.63) is 0 Å². The molecule has 3 atom stereocenters. The van der Waals surface area contributed by atoms with Crippen molar-refractivity contribution in [1.29, 1.82) is 0 Å². The van der Waals surface area contributed by atoms with E-state index in [-0.39, 0.29) is 17.9 Å². The highest BCUT2D eigenvalue weighted by Crippen LogP contribution is 2.39. The number of nitrogens with zero attached hydrogens (tertiary/aromatic N) is 1. The molecule has 0 aromatic heterocycles. The molecular weight excluding hydrogens is 228 g/mol. The van der Waals surface area contributed by atoms with Crippen molar-refractivity contribution in [3.63, 3.8) is 0 Å². The minimum Gasteiger partial charge on any atom is -0.389 e. The molecule has 1 aliphatic heterocycles. The van der Waals surface area contributed by atoms with Crippen LogP contribution in [0.2, 0.25) is 0 Å². The zero-order chi connectivity index (χ0) is 13.2. The summed E-state index contributed by atoms with van der Waals surface area (Å²) in [6.07, 6.45) is 6.30. The van der Waals surface area contributed by atoms with Crippen LogP contribution in [0.5, 0.6) is 0 Å². The Labute approximate surface area is 110 Å². The second-order valence-corrected chi connectivity index (χ2v) is 6.01. The van der Waals surface area contributed by atoms with Crippen LogP contribution in [0.3, 0.4) is 0 Å². The van der Waals surface area contributed by atoms with E-state index >= 15 is 0 Å². The molecule has 3 N–H and O–H groups in total. The van der Waals surface area contributed by atoms with Crippen LogP contribution >= 0.6 is 0 Å². The van der Waals surface area contributed by atoms with Crippen molar-refractivity contribution < 1.29 is 9.90 Å². The summed E-state index contributed by atoms with van der Waals surface area (Å²) in [6, 6.07) is -0.0235. The average Bonchev–Trinajstić information content (AvgIpc) is 2.37. The van der Waals surface area contributed by atoms with E-state index in [9.17, 15) is 9.90 Å². The third kappa shape index (κ3) is 2.86. The van der Waals surface area contributed by atoms with Crippen molar-refractivity contribution in [1.82, 2.24) is 4.90 Å². The molecule has 0 spiro atoms. The lowest BCUT2D eigenvalue weighted by Gasteiger charge is -2.47. The number of piperidine rings is 1. The molecule has 2 fully saturated rings. The van der Waals surface area contributed by atoms with Gasteiger partial charge in [0, 0.05) is 31.5 Å². The van der Waals surface area contributed by atoms with E-state index in [1.165, 1.54) is 6.42 Å². The number of fused-ring (bicyclic) bond motifs is 1. The molecule has 0 aromatic rings. The lowest BCUT2D eigenvalue weighted by Crippen LogP contribution is -2.55. The molecular formula is C14H26N2O2. The minimum absolute atomic E-state index is 0.0235. The third-order valence-corrected chi connectivity index (χ3v) is 4.74. The molecule has 4 heteroatoms. The first-order chi connectivity index (χ1) is 8.55. The number of hydrogen-bond donors (Lipinski definition) is 2. The summed E-state index contributed by atoms with van der Waals surface area (Å²) < 4.78 is 0. The van der Waals surface area contributed by atoms with Gasteiger partial charge in [0.1, 0.15) is 0 Å². The zero-order valence-corrected chi connectivity index (χ0v) is 11.4. The normalized spacial score (nSPS) is 33.9. The van der Waals surface area contributed by atoms with Crippen LogP contribution in [0.25, 0.3) is 0 Å². The Morgan fingerprint density at radius 1 is 1.50 bits per heavy atom. The number of aliphatic hydroxyl groups is 1. The summed E-state index contributed by atoms with van der Waals surface area (Å²) in [5, 5.41) is 10.6. The molecule has 0 radical (unpaired) electrons. The molecule has 1 amide bonds. The van der Waals surface area contributed by atoms with Gasteiger partial charge in [-0.1, -0.05) is 19.8 Å². The van der Waals surface area contributed by atoms with E-state index in [0.29, 0.717) is 13.0 Å². The van der Waals surface area contributed by atoms with E-state index in [1.54, 1.807) is 0 Å². The Bertz CT molecular complexity index is 308. The summed E-state index contributed by atoms with van der Waals surface area (Å²) in [5.41, 5.74) is 5.34. The van der Waals surface area contributed by atoms with Crippen LogP contribution < -0.4 is 5.73 Å². The van der Waals surface area contributed by atoms with Crippen LogP contribution in [-0.2, 0) is 4.79 Å². The minimum atomic E-state index is -0.498. The third-order valence-electron chi connectivity index (χ3n) is 4.74. The van der Waals surface area contributed by atoms with E-state index in [4.69, 9.17) is 5.73 Å². The van der Waals surface area contributed by atoms with E-state index < -0.39 is 5.60 Å². The monoisotopic (exact) mass is 254 g/mol. The van der Waals surface area contributed by atoms with E-state index in [0.717, 1.165) is 38.6 Å². The van der Waals surface area contributed by atoms with Gasteiger partial charge >= 0.3 is 0 Å². The lowest BCUT2D eigenvalue weighted by atomic mass is 9.71. The van der Waals surface area contributed by atoms with E-state index in [2.05, 4.69) is 0 Å². The SMILES string of the molecule is CCC(N)CC(=O)N1CCC2(O)CCCCC2C1. The molecule has 0 aromatic carbocycles. The lowest BCUT2D eigenvalue weighted by molar-refractivity contribution is -0.143. The number of hydrogen-bond acceptors (Lipinski definition) is 3. The maximum Gasteiger partial charge on any atom is 0.224 e. The summed E-state index contributed by atoms with van der Waals surface area (Å²) in [6.45, 7) is 3.43. The van der Waals surface area contributed by atoms with Crippen LogP contribution in [0.4, 0.5) is 0 Å². The van der Waals surface area contributed by atoms with Gasteiger partial charge in [-0.2, -0.15) is 0 Å². The summed E-state index contributed by atoms with van der Waals surface area (Å²) in [7, 11) is 0. The van der Waals surface area contributed by atoms with Crippen LogP contribution in [0.15, 0.2) is 0 Å². The van der Waals surface area contributed by atoms with Gasteiger partial charge < -0.3 is 15.7 Å². The predicted octanol–water partition coefficient (Wildman–Crippen LogP) is 1.27. The van der Waals surface area contributed by atoms with Crippen molar-refractivity contribution in [2.75, 3.05) is 13.1 Å². The van der Waals surface area contributed by atoms with Gasteiger partial charge in [0.25, 0.3) is 0 Å². The maximum absolute atomic E-state index is 12.1. The number of carbonyl (C=O) groups excluding carboxylic acids is 1. The van der Waals surface area contributed by atoms with Gasteiger partial charge in [-0.05, 0) is 25.7 Å². The fraction of sp³-hybridized carbons (Fsp3) is 0.929. The van der Waals surface area contributed by atoms with Gasteiger partial charge in [0.15, 0.2) is 0 Å². The van der Waals surface area contributed by atoms with Crippen LogP contribution in [0.1, 0.15) is 51.9 Å². The Hall–Kier alpha value is -0.610. The Kier molecular flexibility index (Phi) is 4.28. The fourth-order valence-electron chi connectivity index (χ4n) is 3.30. The molecule has 0 bridgehead atoms. The summed E-state index contributed by atoms with van der Waals surface area (Å²) >= 11 is 0. The Balaban J connectivity index is 1.92. The summed E-state index contributed by atoms with van der Waals surface area (Å²) in [4.78, 5) is 14.0. The van der Waals surface area contributed by atoms with Crippen LogP contribution in [-0.4, -0.2) is 40.6 Å². The molecule has 1 saturated heterocycles. The first kappa shape index (κ1) is 13.8. The standard InChI is InChI=1S/C14H26N2O2/c1-2-12(15)9-13(17)16-8-7-14(18)6-4-3-5-11(14)10-16/h11-12,18H,2-10,15H2,1H3. The molecule has 1 saturated carbocycles. The Morgan fingerprint density at radius 3 is 3.00 bits per heavy atom. The summed E-state index contributed by atoms with van der Waals surface area (Å²) in [5.74, 6) is 0.443. The number of nitrogens with two attached hydrogens (primary N) is 1. The van der Waals surface area contributed by atoms with E-state index in [1.807, 2.05) is 11.8 Å². The number of likely N-dealkylation sites (tertiary alicyclic amines) is 1. The molecule has 104 valence electrons. The second-order valence-electron chi connectivity index (χ2n) is 6.01. The highest BCUT2D eigenvalue weighted by atomic mass is 16.3. The van der Waals surface area contributed by atoms with Gasteiger partial charge in [-0.15, -0.1) is 0 Å². The quantitative estimate of drug-likeness (QED) is 0.797. The average molecular weight is 254 g/mol. The molecule has 3 unspecified atom stereocenters. The second kappa shape index (κ2) is 5.57. The van der Waals surface area contributed by atoms with Gasteiger partial charge in [-0.25, -0.2) is 0 Å². The number of rotatable bonds is 3. The number of carbonyl (C=O) groups is 1. The fourth-order valence-corrected chi connectivity index (χ4v) is 3.30. The molecule has 18 heavy (non-hydrogen) atoms. The highest BCUT2D eigenvalue weighted by molar-refractivity contribution is 5.77. The zero-order valence-electron chi connectivity index (χ0n) is 11.4. The molecule has 1 heterocycles. The smallest absolute Gasteiger partial charge is 0.224 e. The maximum atomic E-state index is 12.1.